The van der Waals surface area contributed by atoms with E-state index in [1.807, 2.05) is 0 Å². The Kier molecular flexibility index (Phi) is 4.12. The van der Waals surface area contributed by atoms with Crippen LogP contribution in [0.15, 0.2) is 0 Å². The number of imide groups is 1. The maximum Gasteiger partial charge on any atom is 0.289 e. The van der Waals surface area contributed by atoms with Crippen molar-refractivity contribution < 1.29 is 19.2 Å². The van der Waals surface area contributed by atoms with Gasteiger partial charge in [0.15, 0.2) is 0 Å². The Hall–Kier alpha value is -1.57. The van der Waals surface area contributed by atoms with Crippen LogP contribution in [0.4, 0.5) is 4.79 Å². The predicted molar refractivity (Wildman–Crippen MR) is 80.0 cm³/mol. The molecule has 0 N–H and O–H groups in total. The van der Waals surface area contributed by atoms with Gasteiger partial charge in [0.25, 0.3) is 5.24 Å². The molecule has 0 aliphatic carbocycles. The molecule has 3 heterocycles. The second-order valence-electron chi connectivity index (χ2n) is 6.00. The molecule has 0 spiro atoms. The van der Waals surface area contributed by atoms with E-state index in [1.54, 1.807) is 16.7 Å². The van der Waals surface area contributed by atoms with Gasteiger partial charge in [-0.2, -0.15) is 0 Å². The number of carbonyl (C=O) groups is 4. The minimum atomic E-state index is -0.197. The zero-order valence-corrected chi connectivity index (χ0v) is 13.3. The number of carbonyl (C=O) groups excluding carboxylic acids is 4. The summed E-state index contributed by atoms with van der Waals surface area (Å²) in [6.07, 6.45) is 1.38. The molecular weight excluding hydrogens is 306 g/mol. The van der Waals surface area contributed by atoms with Gasteiger partial charge in [-0.25, -0.2) is 0 Å². The summed E-state index contributed by atoms with van der Waals surface area (Å²) in [4.78, 5) is 51.7. The van der Waals surface area contributed by atoms with Crippen molar-refractivity contribution >= 4 is 34.7 Å². The Morgan fingerprint density at radius 3 is 2.23 bits per heavy atom. The minimum Gasteiger partial charge on any atom is -0.343 e. The normalized spacial score (nSPS) is 24.0. The first-order chi connectivity index (χ1) is 10.5. The SMILES string of the molecule is CC(=O)N1CCC(C(=O)N2CC(N3C(=O)CSC3=O)C2)CC1. The quantitative estimate of drug-likeness (QED) is 0.722. The molecule has 3 aliphatic rings. The molecule has 3 fully saturated rings. The molecule has 7 nitrogen and oxygen atoms in total. The molecular formula is C14H19N3O4S. The minimum absolute atomic E-state index is 0.0455. The van der Waals surface area contributed by atoms with Crippen LogP contribution < -0.4 is 0 Å². The van der Waals surface area contributed by atoms with Crippen molar-refractivity contribution in [3.8, 4) is 0 Å². The summed E-state index contributed by atoms with van der Waals surface area (Å²) in [5.41, 5.74) is 0. The molecule has 8 heteroatoms. The first-order valence-corrected chi connectivity index (χ1v) is 8.49. The Balaban J connectivity index is 1.49. The van der Waals surface area contributed by atoms with Gasteiger partial charge in [-0.1, -0.05) is 11.8 Å². The average molecular weight is 325 g/mol. The first kappa shape index (κ1) is 15.3. The lowest BCUT2D eigenvalue weighted by molar-refractivity contribution is -0.147. The lowest BCUT2D eigenvalue weighted by Gasteiger charge is -2.44. The van der Waals surface area contributed by atoms with Crippen LogP contribution in [0, 0.1) is 5.92 Å². The van der Waals surface area contributed by atoms with Gasteiger partial charge in [-0.3, -0.25) is 24.1 Å². The molecule has 0 atom stereocenters. The lowest BCUT2D eigenvalue weighted by atomic mass is 9.93. The third-order valence-corrected chi connectivity index (χ3v) is 5.45. The summed E-state index contributed by atoms with van der Waals surface area (Å²) in [5.74, 6) is 0.162. The molecule has 0 saturated carbocycles. The van der Waals surface area contributed by atoms with E-state index in [-0.39, 0.29) is 40.7 Å². The second-order valence-corrected chi connectivity index (χ2v) is 6.92. The van der Waals surface area contributed by atoms with Gasteiger partial charge in [0, 0.05) is 39.0 Å². The first-order valence-electron chi connectivity index (χ1n) is 7.50. The zero-order chi connectivity index (χ0) is 15.9. The predicted octanol–water partition coefficient (Wildman–Crippen LogP) is 0.151. The third-order valence-electron chi connectivity index (χ3n) is 4.61. The van der Waals surface area contributed by atoms with Crippen LogP contribution in [0.1, 0.15) is 19.8 Å². The van der Waals surface area contributed by atoms with Gasteiger partial charge in [0.2, 0.25) is 17.7 Å². The Bertz CT molecular complexity index is 508. The lowest BCUT2D eigenvalue weighted by Crippen LogP contribution is -2.63. The molecule has 3 saturated heterocycles. The highest BCUT2D eigenvalue weighted by Gasteiger charge is 2.44. The van der Waals surface area contributed by atoms with E-state index >= 15 is 0 Å². The number of piperidine rings is 1. The molecule has 0 bridgehead atoms. The summed E-state index contributed by atoms with van der Waals surface area (Å²) in [5, 5.41) is -0.197. The molecule has 0 aromatic carbocycles. The fraction of sp³-hybridized carbons (Fsp3) is 0.714. The largest absolute Gasteiger partial charge is 0.343 e. The Labute approximate surface area is 133 Å². The molecule has 3 rings (SSSR count). The van der Waals surface area contributed by atoms with Crippen LogP contribution in [0.5, 0.6) is 0 Å². The molecule has 4 amide bonds. The fourth-order valence-corrected chi connectivity index (χ4v) is 3.99. The van der Waals surface area contributed by atoms with Crippen LogP contribution in [0.2, 0.25) is 0 Å². The van der Waals surface area contributed by atoms with Crippen molar-refractivity contribution in [2.24, 2.45) is 5.92 Å². The van der Waals surface area contributed by atoms with Crippen molar-refractivity contribution in [2.75, 3.05) is 31.9 Å². The number of amides is 4. The molecule has 0 aromatic heterocycles. The van der Waals surface area contributed by atoms with Gasteiger partial charge >= 0.3 is 0 Å². The molecule has 0 radical (unpaired) electrons. The summed E-state index contributed by atoms with van der Waals surface area (Å²) >= 11 is 1.03. The summed E-state index contributed by atoms with van der Waals surface area (Å²) < 4.78 is 0. The number of rotatable bonds is 2. The molecule has 22 heavy (non-hydrogen) atoms. The smallest absolute Gasteiger partial charge is 0.289 e. The van der Waals surface area contributed by atoms with E-state index in [9.17, 15) is 19.2 Å². The second kappa shape index (κ2) is 5.91. The van der Waals surface area contributed by atoms with Crippen LogP contribution in [0.25, 0.3) is 0 Å². The van der Waals surface area contributed by atoms with Gasteiger partial charge in [-0.05, 0) is 12.8 Å². The highest BCUT2D eigenvalue weighted by atomic mass is 32.2. The summed E-state index contributed by atoms with van der Waals surface area (Å²) in [7, 11) is 0. The highest BCUT2D eigenvalue weighted by Crippen LogP contribution is 2.28. The van der Waals surface area contributed by atoms with E-state index in [0.29, 0.717) is 39.0 Å². The fourth-order valence-electron chi connectivity index (χ4n) is 3.22. The van der Waals surface area contributed by atoms with Gasteiger partial charge in [0.05, 0.1) is 11.8 Å². The van der Waals surface area contributed by atoms with E-state index < -0.39 is 0 Å². The number of nitrogens with zero attached hydrogens (tertiary/aromatic N) is 3. The van der Waals surface area contributed by atoms with Crippen molar-refractivity contribution in [1.82, 2.24) is 14.7 Å². The molecule has 3 aliphatic heterocycles. The topological polar surface area (TPSA) is 78.0 Å². The van der Waals surface area contributed by atoms with Gasteiger partial charge in [-0.15, -0.1) is 0 Å². The van der Waals surface area contributed by atoms with Crippen molar-refractivity contribution in [1.29, 1.82) is 0 Å². The Morgan fingerprint density at radius 1 is 1.09 bits per heavy atom. The third kappa shape index (κ3) is 2.71. The maximum atomic E-state index is 12.4. The van der Waals surface area contributed by atoms with Crippen LogP contribution >= 0.6 is 11.8 Å². The number of likely N-dealkylation sites (tertiary alicyclic amines) is 2. The van der Waals surface area contributed by atoms with Crippen LogP contribution in [-0.2, 0) is 14.4 Å². The van der Waals surface area contributed by atoms with Crippen LogP contribution in [0.3, 0.4) is 0 Å². The van der Waals surface area contributed by atoms with Crippen molar-refractivity contribution in [3.63, 3.8) is 0 Å². The zero-order valence-electron chi connectivity index (χ0n) is 12.5. The number of hydrogen-bond donors (Lipinski definition) is 0. The van der Waals surface area contributed by atoms with Crippen molar-refractivity contribution in [2.45, 2.75) is 25.8 Å². The average Bonchev–Trinajstić information content (AvgIpc) is 2.78. The van der Waals surface area contributed by atoms with E-state index in [4.69, 9.17) is 0 Å². The maximum absolute atomic E-state index is 12.4. The van der Waals surface area contributed by atoms with Gasteiger partial charge in [0.1, 0.15) is 0 Å². The highest BCUT2D eigenvalue weighted by molar-refractivity contribution is 8.14. The summed E-state index contributed by atoms with van der Waals surface area (Å²) in [6.45, 7) is 3.70. The van der Waals surface area contributed by atoms with E-state index in [1.165, 1.54) is 4.90 Å². The summed E-state index contributed by atoms with van der Waals surface area (Å²) in [6, 6.07) is -0.156. The van der Waals surface area contributed by atoms with Crippen LogP contribution in [-0.4, -0.2) is 75.6 Å². The molecule has 0 aromatic rings. The molecule has 0 unspecified atom stereocenters. The van der Waals surface area contributed by atoms with E-state index in [0.717, 1.165) is 11.8 Å². The standard InChI is InChI=1S/C14H19N3O4S/c1-9(18)15-4-2-10(3-5-15)13(20)16-6-11(7-16)17-12(19)8-22-14(17)21/h10-11H,2-8H2,1H3. The van der Waals surface area contributed by atoms with Crippen molar-refractivity contribution in [3.05, 3.63) is 0 Å². The monoisotopic (exact) mass is 325 g/mol. The Morgan fingerprint density at radius 2 is 1.73 bits per heavy atom. The molecule has 120 valence electrons. The van der Waals surface area contributed by atoms with Gasteiger partial charge < -0.3 is 9.80 Å². The number of thioether (sulfide) groups is 1. The number of hydrogen-bond acceptors (Lipinski definition) is 5. The van der Waals surface area contributed by atoms with E-state index in [2.05, 4.69) is 0 Å².